The third-order valence-electron chi connectivity index (χ3n) is 3.90. The van der Waals surface area contributed by atoms with E-state index in [1.165, 1.54) is 24.2 Å². The Hall–Kier alpha value is -1.07. The van der Waals surface area contributed by atoms with Gasteiger partial charge in [0.05, 0.1) is 22.4 Å². The lowest BCUT2D eigenvalue weighted by atomic mass is 10.3. The fraction of sp³-hybridized carbons (Fsp3) is 0.533. The zero-order chi connectivity index (χ0) is 14.1. The van der Waals surface area contributed by atoms with Crippen molar-refractivity contribution in [2.75, 3.05) is 0 Å². The average Bonchev–Trinajstić information content (AvgIpc) is 3.11. The van der Waals surface area contributed by atoms with Crippen LogP contribution in [0.25, 0.3) is 0 Å². The highest BCUT2D eigenvalue weighted by molar-refractivity contribution is 9.10. The second-order valence-corrected chi connectivity index (χ2v) is 6.26. The van der Waals surface area contributed by atoms with E-state index >= 15 is 0 Å². The van der Waals surface area contributed by atoms with E-state index in [9.17, 15) is 0 Å². The van der Waals surface area contributed by atoms with Gasteiger partial charge in [-0.1, -0.05) is 6.92 Å². The standard InChI is InChI=1S/C15H21BrN4/c1-3-13-15(16)14(19(2)18-13)10-20-8-4-5-12(20)9-17-11-6-7-11/h4-5,8,11,17H,3,6-7,9-10H2,1-2H3. The summed E-state index contributed by atoms with van der Waals surface area (Å²) in [5.74, 6) is 0. The molecule has 0 amide bonds. The Labute approximate surface area is 128 Å². The van der Waals surface area contributed by atoms with Gasteiger partial charge in [0.25, 0.3) is 0 Å². The van der Waals surface area contributed by atoms with Gasteiger partial charge < -0.3 is 9.88 Å². The molecule has 1 saturated carbocycles. The van der Waals surface area contributed by atoms with Crippen molar-refractivity contribution in [1.82, 2.24) is 19.7 Å². The van der Waals surface area contributed by atoms with Crippen molar-refractivity contribution in [2.24, 2.45) is 7.05 Å². The SMILES string of the molecule is CCc1nn(C)c(Cn2cccc2CNC2CC2)c1Br. The summed E-state index contributed by atoms with van der Waals surface area (Å²) in [5, 5.41) is 8.14. The van der Waals surface area contributed by atoms with Gasteiger partial charge in [0.2, 0.25) is 0 Å². The summed E-state index contributed by atoms with van der Waals surface area (Å²) in [7, 11) is 2.02. The highest BCUT2D eigenvalue weighted by atomic mass is 79.9. The van der Waals surface area contributed by atoms with Crippen molar-refractivity contribution in [2.45, 2.75) is 45.3 Å². The summed E-state index contributed by atoms with van der Waals surface area (Å²) in [6.07, 6.45) is 5.76. The number of hydrogen-bond donors (Lipinski definition) is 1. The van der Waals surface area contributed by atoms with Crippen LogP contribution in [0.5, 0.6) is 0 Å². The van der Waals surface area contributed by atoms with Crippen molar-refractivity contribution < 1.29 is 0 Å². The summed E-state index contributed by atoms with van der Waals surface area (Å²) < 4.78 is 5.44. The van der Waals surface area contributed by atoms with Crippen LogP contribution in [0.15, 0.2) is 22.8 Å². The van der Waals surface area contributed by atoms with Gasteiger partial charge in [0, 0.05) is 31.5 Å². The van der Waals surface area contributed by atoms with Gasteiger partial charge in [-0.05, 0) is 47.3 Å². The van der Waals surface area contributed by atoms with Crippen molar-refractivity contribution in [3.63, 3.8) is 0 Å². The summed E-state index contributed by atoms with van der Waals surface area (Å²) in [6.45, 7) is 3.95. The molecule has 1 fully saturated rings. The van der Waals surface area contributed by atoms with Gasteiger partial charge in [-0.3, -0.25) is 4.68 Å². The lowest BCUT2D eigenvalue weighted by Crippen LogP contribution is -2.18. The number of nitrogens with one attached hydrogen (secondary N) is 1. The van der Waals surface area contributed by atoms with Crippen molar-refractivity contribution in [3.8, 4) is 0 Å². The number of hydrogen-bond acceptors (Lipinski definition) is 2. The number of aromatic nitrogens is 3. The Morgan fingerprint density at radius 1 is 1.45 bits per heavy atom. The Kier molecular flexibility index (Phi) is 3.98. The zero-order valence-electron chi connectivity index (χ0n) is 12.1. The minimum Gasteiger partial charge on any atom is -0.344 e. The Bertz CT molecular complexity index is 595. The zero-order valence-corrected chi connectivity index (χ0v) is 13.7. The van der Waals surface area contributed by atoms with E-state index in [2.05, 4.69) is 56.2 Å². The predicted molar refractivity (Wildman–Crippen MR) is 83.7 cm³/mol. The molecule has 5 heteroatoms. The molecule has 2 heterocycles. The van der Waals surface area contributed by atoms with Gasteiger partial charge >= 0.3 is 0 Å². The van der Waals surface area contributed by atoms with Crippen LogP contribution < -0.4 is 5.32 Å². The van der Waals surface area contributed by atoms with E-state index in [1.807, 2.05) is 11.7 Å². The molecule has 0 saturated heterocycles. The number of aryl methyl sites for hydroxylation is 2. The maximum Gasteiger partial charge on any atom is 0.0767 e. The molecule has 2 aromatic rings. The third kappa shape index (κ3) is 2.83. The lowest BCUT2D eigenvalue weighted by molar-refractivity contribution is 0.609. The minimum atomic E-state index is 0.744. The molecule has 2 aromatic heterocycles. The summed E-state index contributed by atoms with van der Waals surface area (Å²) in [4.78, 5) is 0. The molecule has 4 nitrogen and oxygen atoms in total. The summed E-state index contributed by atoms with van der Waals surface area (Å²) in [6, 6.07) is 5.06. The van der Waals surface area contributed by atoms with E-state index < -0.39 is 0 Å². The van der Waals surface area contributed by atoms with Crippen molar-refractivity contribution >= 4 is 15.9 Å². The largest absolute Gasteiger partial charge is 0.344 e. The van der Waals surface area contributed by atoms with Crippen LogP contribution >= 0.6 is 15.9 Å². The van der Waals surface area contributed by atoms with E-state index in [0.29, 0.717) is 0 Å². The maximum atomic E-state index is 4.56. The molecule has 0 atom stereocenters. The second-order valence-electron chi connectivity index (χ2n) is 5.47. The van der Waals surface area contributed by atoms with Gasteiger partial charge in [0.1, 0.15) is 0 Å². The predicted octanol–water partition coefficient (Wildman–Crippen LogP) is 2.85. The maximum absolute atomic E-state index is 4.56. The fourth-order valence-electron chi connectivity index (χ4n) is 2.45. The molecule has 1 aliphatic carbocycles. The van der Waals surface area contributed by atoms with Crippen LogP contribution in [0, 0.1) is 0 Å². The molecule has 1 aliphatic rings. The van der Waals surface area contributed by atoms with Crippen LogP contribution in [0.4, 0.5) is 0 Å². The molecule has 0 aromatic carbocycles. The smallest absolute Gasteiger partial charge is 0.0767 e. The monoisotopic (exact) mass is 336 g/mol. The number of rotatable bonds is 6. The highest BCUT2D eigenvalue weighted by Gasteiger charge is 2.20. The lowest BCUT2D eigenvalue weighted by Gasteiger charge is -2.11. The molecular weight excluding hydrogens is 316 g/mol. The van der Waals surface area contributed by atoms with Crippen LogP contribution in [-0.4, -0.2) is 20.4 Å². The van der Waals surface area contributed by atoms with Crippen molar-refractivity contribution in [3.05, 3.63) is 39.9 Å². The Balaban J connectivity index is 1.77. The number of nitrogens with zero attached hydrogens (tertiary/aromatic N) is 3. The quantitative estimate of drug-likeness (QED) is 0.880. The summed E-state index contributed by atoms with van der Waals surface area (Å²) in [5.41, 5.74) is 3.70. The minimum absolute atomic E-state index is 0.744. The van der Waals surface area contributed by atoms with Crippen LogP contribution in [0.2, 0.25) is 0 Å². The normalized spacial score (nSPS) is 14.9. The van der Waals surface area contributed by atoms with Gasteiger partial charge in [-0.25, -0.2) is 0 Å². The topological polar surface area (TPSA) is 34.8 Å². The molecule has 1 N–H and O–H groups in total. The first-order valence-corrected chi connectivity index (χ1v) is 8.06. The second kappa shape index (κ2) is 5.74. The van der Waals surface area contributed by atoms with Gasteiger partial charge in [-0.2, -0.15) is 5.10 Å². The molecule has 108 valence electrons. The molecule has 0 radical (unpaired) electrons. The molecule has 0 unspecified atom stereocenters. The summed E-state index contributed by atoms with van der Waals surface area (Å²) >= 11 is 3.69. The molecule has 3 rings (SSSR count). The molecular formula is C15H21BrN4. The van der Waals surface area contributed by atoms with Crippen LogP contribution in [0.1, 0.15) is 36.8 Å². The third-order valence-corrected chi connectivity index (χ3v) is 4.81. The van der Waals surface area contributed by atoms with Crippen LogP contribution in [0.3, 0.4) is 0 Å². The first-order chi connectivity index (χ1) is 9.69. The van der Waals surface area contributed by atoms with E-state index in [0.717, 1.165) is 35.7 Å². The van der Waals surface area contributed by atoms with E-state index in [-0.39, 0.29) is 0 Å². The van der Waals surface area contributed by atoms with Gasteiger partial charge in [0.15, 0.2) is 0 Å². The Morgan fingerprint density at radius 3 is 2.90 bits per heavy atom. The first-order valence-electron chi connectivity index (χ1n) is 7.26. The van der Waals surface area contributed by atoms with Crippen molar-refractivity contribution in [1.29, 1.82) is 0 Å². The van der Waals surface area contributed by atoms with Crippen LogP contribution in [-0.2, 0) is 26.6 Å². The molecule has 0 bridgehead atoms. The Morgan fingerprint density at radius 2 is 2.25 bits per heavy atom. The first kappa shape index (κ1) is 13.9. The molecule has 0 spiro atoms. The highest BCUT2D eigenvalue weighted by Crippen LogP contribution is 2.23. The van der Waals surface area contributed by atoms with E-state index in [1.54, 1.807) is 0 Å². The number of halogens is 1. The molecule has 20 heavy (non-hydrogen) atoms. The average molecular weight is 337 g/mol. The fourth-order valence-corrected chi connectivity index (χ4v) is 3.20. The van der Waals surface area contributed by atoms with Gasteiger partial charge in [-0.15, -0.1) is 0 Å². The van der Waals surface area contributed by atoms with E-state index in [4.69, 9.17) is 0 Å². The molecule has 0 aliphatic heterocycles.